The second kappa shape index (κ2) is 10.9. The van der Waals surface area contributed by atoms with Gasteiger partial charge in [-0.15, -0.1) is 0 Å². The summed E-state index contributed by atoms with van der Waals surface area (Å²) < 4.78 is 28.1. The second-order valence-corrected chi connectivity index (χ2v) is 10.3. The molecule has 4 aromatic rings. The van der Waals surface area contributed by atoms with E-state index in [9.17, 15) is 13.2 Å². The number of nitrogens with one attached hydrogen (secondary N) is 2. The van der Waals surface area contributed by atoms with Crippen molar-refractivity contribution in [1.82, 2.24) is 25.3 Å². The number of aromatic amines is 1. The van der Waals surface area contributed by atoms with Crippen molar-refractivity contribution >= 4 is 21.4 Å². The van der Waals surface area contributed by atoms with Crippen LogP contribution in [-0.4, -0.2) is 40.8 Å². The average Bonchev–Trinajstić information content (AvgIpc) is 3.51. The van der Waals surface area contributed by atoms with Gasteiger partial charge in [0.15, 0.2) is 9.84 Å². The molecule has 9 nitrogen and oxygen atoms in total. The van der Waals surface area contributed by atoms with Crippen LogP contribution in [0.5, 0.6) is 0 Å². The Labute approximate surface area is 209 Å². The van der Waals surface area contributed by atoms with Crippen LogP contribution in [0, 0.1) is 11.8 Å². The third-order valence-corrected chi connectivity index (χ3v) is 7.10. The molecule has 1 amide bonds. The number of amides is 1. The summed E-state index contributed by atoms with van der Waals surface area (Å²) in [7, 11) is -2.05. The number of aromatic nitrogens is 4. The van der Waals surface area contributed by atoms with Crippen molar-refractivity contribution in [1.29, 1.82) is 0 Å². The number of H-pyrrole nitrogens is 1. The smallest absolute Gasteiger partial charge is 0.251 e. The number of hydrogen-bond acceptors (Lipinski definition) is 6. The standard InChI is InChI=1S/C26H26N6O3S/c1-32-13-11-24(31-32)18-36(34,35)25-10-9-22(26(33)28-12-3-5-20-16-29-30-17-20)15-21(25)8-7-19-4-2-6-23(27)14-19/h2,4,6,9-11,13-17H,3,5,12,18,27H2,1H3,(H,28,33)(H,29,30). The fourth-order valence-electron chi connectivity index (χ4n) is 3.62. The number of hydrogen-bond donors (Lipinski definition) is 3. The summed E-state index contributed by atoms with van der Waals surface area (Å²) in [5.41, 5.74) is 9.07. The van der Waals surface area contributed by atoms with Gasteiger partial charge in [0.05, 0.1) is 22.5 Å². The first-order chi connectivity index (χ1) is 17.3. The van der Waals surface area contributed by atoms with Crippen LogP contribution in [0.1, 0.15) is 39.2 Å². The number of benzene rings is 2. The maximum atomic E-state index is 13.3. The lowest BCUT2D eigenvalue weighted by Gasteiger charge is -2.09. The van der Waals surface area contributed by atoms with Gasteiger partial charge in [0.25, 0.3) is 5.91 Å². The topological polar surface area (TPSA) is 136 Å². The van der Waals surface area contributed by atoms with E-state index in [4.69, 9.17) is 5.73 Å². The fourth-order valence-corrected chi connectivity index (χ4v) is 5.04. The second-order valence-electron chi connectivity index (χ2n) is 8.29. The molecular weight excluding hydrogens is 476 g/mol. The number of aryl methyl sites for hydroxylation is 2. The highest BCUT2D eigenvalue weighted by atomic mass is 32.2. The van der Waals surface area contributed by atoms with Crippen LogP contribution in [0.2, 0.25) is 0 Å². The molecule has 0 aliphatic heterocycles. The number of sulfone groups is 1. The van der Waals surface area contributed by atoms with Crippen molar-refractivity contribution in [3.63, 3.8) is 0 Å². The summed E-state index contributed by atoms with van der Waals surface area (Å²) in [6.07, 6.45) is 6.77. The van der Waals surface area contributed by atoms with Gasteiger partial charge < -0.3 is 11.1 Å². The molecule has 184 valence electrons. The zero-order valence-electron chi connectivity index (χ0n) is 19.7. The van der Waals surface area contributed by atoms with E-state index in [2.05, 4.69) is 32.5 Å². The maximum absolute atomic E-state index is 13.3. The molecule has 4 N–H and O–H groups in total. The third-order valence-electron chi connectivity index (χ3n) is 5.39. The minimum Gasteiger partial charge on any atom is -0.399 e. The molecule has 2 heterocycles. The van der Waals surface area contributed by atoms with Crippen LogP contribution in [-0.2, 0) is 29.1 Å². The number of anilines is 1. The van der Waals surface area contributed by atoms with Crippen LogP contribution in [0.25, 0.3) is 0 Å². The highest BCUT2D eigenvalue weighted by molar-refractivity contribution is 7.90. The predicted octanol–water partition coefficient (Wildman–Crippen LogP) is 2.46. The summed E-state index contributed by atoms with van der Waals surface area (Å²) in [5, 5.41) is 13.7. The van der Waals surface area contributed by atoms with Crippen molar-refractivity contribution < 1.29 is 13.2 Å². The van der Waals surface area contributed by atoms with Gasteiger partial charge in [-0.25, -0.2) is 8.42 Å². The number of rotatable bonds is 8. The third kappa shape index (κ3) is 6.40. The molecule has 2 aromatic heterocycles. The lowest BCUT2D eigenvalue weighted by Crippen LogP contribution is -2.25. The summed E-state index contributed by atoms with van der Waals surface area (Å²) in [5.74, 6) is 5.32. The fraction of sp³-hybridized carbons (Fsp3) is 0.192. The van der Waals surface area contributed by atoms with Crippen molar-refractivity contribution in [2.75, 3.05) is 12.3 Å². The molecule has 4 rings (SSSR count). The Morgan fingerprint density at radius 2 is 2.03 bits per heavy atom. The monoisotopic (exact) mass is 502 g/mol. The van der Waals surface area contributed by atoms with Crippen LogP contribution in [0.15, 0.2) is 72.0 Å². The molecule has 0 spiro atoms. The zero-order chi connectivity index (χ0) is 25.5. The lowest BCUT2D eigenvalue weighted by atomic mass is 10.1. The maximum Gasteiger partial charge on any atom is 0.251 e. The van der Waals surface area contributed by atoms with E-state index >= 15 is 0 Å². The van der Waals surface area contributed by atoms with E-state index in [1.807, 2.05) is 6.20 Å². The lowest BCUT2D eigenvalue weighted by molar-refractivity contribution is 0.0953. The van der Waals surface area contributed by atoms with Crippen LogP contribution < -0.4 is 11.1 Å². The normalized spacial score (nSPS) is 11.0. The first kappa shape index (κ1) is 24.8. The Bertz CT molecular complexity index is 1530. The number of nitrogens with two attached hydrogens (primary N) is 1. The van der Waals surface area contributed by atoms with Crippen LogP contribution in [0.3, 0.4) is 0 Å². The molecule has 0 saturated heterocycles. The molecule has 0 saturated carbocycles. The first-order valence-electron chi connectivity index (χ1n) is 11.3. The summed E-state index contributed by atoms with van der Waals surface area (Å²) >= 11 is 0. The van der Waals surface area contributed by atoms with Gasteiger partial charge in [-0.1, -0.05) is 17.9 Å². The first-order valence-corrected chi connectivity index (χ1v) is 12.9. The van der Waals surface area contributed by atoms with E-state index in [-0.39, 0.29) is 22.1 Å². The van der Waals surface area contributed by atoms with E-state index < -0.39 is 9.84 Å². The van der Waals surface area contributed by atoms with Crippen LogP contribution in [0.4, 0.5) is 5.69 Å². The van der Waals surface area contributed by atoms with E-state index in [1.165, 1.54) is 18.2 Å². The van der Waals surface area contributed by atoms with Gasteiger partial charge in [-0.2, -0.15) is 10.2 Å². The summed E-state index contributed by atoms with van der Waals surface area (Å²) in [6, 6.07) is 13.1. The molecule has 2 aromatic carbocycles. The molecule has 0 aliphatic rings. The van der Waals surface area contributed by atoms with Gasteiger partial charge in [0.1, 0.15) is 0 Å². The van der Waals surface area contributed by atoms with E-state index in [0.29, 0.717) is 29.1 Å². The van der Waals surface area contributed by atoms with Gasteiger partial charge >= 0.3 is 0 Å². The predicted molar refractivity (Wildman–Crippen MR) is 137 cm³/mol. The van der Waals surface area contributed by atoms with Gasteiger partial charge in [0, 0.05) is 48.4 Å². The SMILES string of the molecule is Cn1ccc(CS(=O)(=O)c2ccc(C(=O)NCCCc3cn[nH]c3)cc2C#Cc2cccc(N)c2)n1. The van der Waals surface area contributed by atoms with Gasteiger partial charge in [-0.3, -0.25) is 14.6 Å². The molecule has 36 heavy (non-hydrogen) atoms. The Kier molecular flexibility index (Phi) is 7.51. The minimum atomic E-state index is -3.78. The molecule has 10 heteroatoms. The number of carbonyl (C=O) groups excluding carboxylic acids is 1. The Morgan fingerprint density at radius 1 is 1.17 bits per heavy atom. The van der Waals surface area contributed by atoms with Gasteiger partial charge in [0.2, 0.25) is 0 Å². The number of nitrogen functional groups attached to an aromatic ring is 1. The Balaban J connectivity index is 1.59. The van der Waals surface area contributed by atoms with Crippen molar-refractivity contribution in [3.05, 3.63) is 95.1 Å². The molecule has 0 unspecified atom stereocenters. The molecule has 0 fully saturated rings. The molecule has 0 atom stereocenters. The Hall–Kier alpha value is -4.36. The van der Waals surface area contributed by atoms with Crippen LogP contribution >= 0.6 is 0 Å². The van der Waals surface area contributed by atoms with Crippen molar-refractivity contribution in [2.24, 2.45) is 7.05 Å². The summed E-state index contributed by atoms with van der Waals surface area (Å²) in [4.78, 5) is 12.8. The summed E-state index contributed by atoms with van der Waals surface area (Å²) in [6.45, 7) is 0.466. The zero-order valence-corrected chi connectivity index (χ0v) is 20.5. The van der Waals surface area contributed by atoms with E-state index in [1.54, 1.807) is 54.5 Å². The number of carbonyl (C=O) groups is 1. The Morgan fingerprint density at radius 3 is 2.75 bits per heavy atom. The largest absolute Gasteiger partial charge is 0.399 e. The highest BCUT2D eigenvalue weighted by Gasteiger charge is 2.21. The van der Waals surface area contributed by atoms with Gasteiger partial charge in [-0.05, 0) is 60.9 Å². The minimum absolute atomic E-state index is 0.0427. The average molecular weight is 503 g/mol. The number of nitrogens with zero attached hydrogens (tertiary/aromatic N) is 3. The van der Waals surface area contributed by atoms with E-state index in [0.717, 1.165) is 18.4 Å². The molecule has 0 radical (unpaired) electrons. The quantitative estimate of drug-likeness (QED) is 0.192. The highest BCUT2D eigenvalue weighted by Crippen LogP contribution is 2.22. The molecule has 0 aliphatic carbocycles. The van der Waals surface area contributed by atoms with Crippen molar-refractivity contribution in [2.45, 2.75) is 23.5 Å². The van der Waals surface area contributed by atoms with Crippen molar-refractivity contribution in [3.8, 4) is 11.8 Å². The molecular formula is C26H26N6O3S. The molecule has 0 bridgehead atoms.